The fourth-order valence-electron chi connectivity index (χ4n) is 6.22. The Morgan fingerprint density at radius 1 is 1.18 bits per heavy atom. The summed E-state index contributed by atoms with van der Waals surface area (Å²) in [5.74, 6) is 0.541. The maximum Gasteiger partial charge on any atom is 0.407 e. The van der Waals surface area contributed by atoms with E-state index < -0.39 is 24.3 Å². The van der Waals surface area contributed by atoms with Crippen LogP contribution in [-0.4, -0.2) is 71.2 Å². The molecule has 39 heavy (non-hydrogen) atoms. The van der Waals surface area contributed by atoms with Gasteiger partial charge in [-0.2, -0.15) is 0 Å². The molecule has 4 unspecified atom stereocenters. The molecule has 1 saturated heterocycles. The lowest BCUT2D eigenvalue weighted by Crippen LogP contribution is -2.51. The third-order valence-corrected chi connectivity index (χ3v) is 7.97. The van der Waals surface area contributed by atoms with E-state index in [-0.39, 0.29) is 36.3 Å². The molecule has 210 valence electrons. The van der Waals surface area contributed by atoms with Crippen molar-refractivity contribution in [1.29, 1.82) is 0 Å². The van der Waals surface area contributed by atoms with E-state index in [1.807, 2.05) is 35.2 Å². The number of nitrogens with zero attached hydrogens (tertiary/aromatic N) is 1. The number of aromatic hydroxyl groups is 1. The number of nitrogens with one attached hydrogen (secondary N) is 2. The number of phenols is 1. The number of aliphatic hydroxyl groups is 1. The second kappa shape index (κ2) is 11.9. The zero-order valence-electron chi connectivity index (χ0n) is 22.6. The van der Waals surface area contributed by atoms with Gasteiger partial charge in [0.1, 0.15) is 17.9 Å². The fraction of sp³-hybridized carbons (Fsp3) is 0.533. The molecule has 9 nitrogen and oxygen atoms in total. The number of phenolic OH excluding ortho intramolecular Hbond substituents is 1. The number of hydrogen-bond donors (Lipinski definition) is 4. The van der Waals surface area contributed by atoms with Gasteiger partial charge in [-0.1, -0.05) is 50.2 Å². The van der Waals surface area contributed by atoms with Crippen LogP contribution in [0.2, 0.25) is 0 Å². The quantitative estimate of drug-likeness (QED) is 0.365. The lowest BCUT2D eigenvalue weighted by atomic mass is 9.98. The minimum Gasteiger partial charge on any atom is -0.508 e. The predicted molar refractivity (Wildman–Crippen MR) is 146 cm³/mol. The molecule has 0 bridgehead atoms. The summed E-state index contributed by atoms with van der Waals surface area (Å²) in [6.07, 6.45) is 1.38. The third-order valence-electron chi connectivity index (χ3n) is 7.97. The molecule has 1 saturated carbocycles. The highest BCUT2D eigenvalue weighted by Crippen LogP contribution is 2.38. The van der Waals surface area contributed by atoms with Crippen molar-refractivity contribution in [3.63, 3.8) is 0 Å². The largest absolute Gasteiger partial charge is 0.508 e. The normalized spacial score (nSPS) is 25.3. The number of aliphatic hydroxyl groups excluding tert-OH is 1. The summed E-state index contributed by atoms with van der Waals surface area (Å²) in [5.41, 5.74) is 2.30. The number of alkyl carbamates (subject to hydrolysis) is 1. The molecule has 2 fully saturated rings. The summed E-state index contributed by atoms with van der Waals surface area (Å²) in [6, 6.07) is 13.3. The highest BCUT2D eigenvalue weighted by molar-refractivity contribution is 6.02. The molecular formula is C30H39N3O6. The third kappa shape index (κ3) is 6.54. The number of anilines is 1. The molecule has 0 aromatic heterocycles. The molecule has 2 heterocycles. The van der Waals surface area contributed by atoms with Crippen molar-refractivity contribution < 1.29 is 29.3 Å². The Hall–Kier alpha value is -3.14. The van der Waals surface area contributed by atoms with Crippen LogP contribution in [0.3, 0.4) is 0 Å². The smallest absolute Gasteiger partial charge is 0.407 e. The maximum atomic E-state index is 13.0. The van der Waals surface area contributed by atoms with Crippen molar-refractivity contribution in [2.24, 2.45) is 11.8 Å². The zero-order chi connectivity index (χ0) is 27.5. The van der Waals surface area contributed by atoms with Crippen molar-refractivity contribution >= 4 is 17.7 Å². The number of carbonyl (C=O) groups is 2. The molecule has 2 aromatic rings. The van der Waals surface area contributed by atoms with E-state index in [4.69, 9.17) is 9.47 Å². The van der Waals surface area contributed by atoms with Gasteiger partial charge in [-0.25, -0.2) is 4.79 Å². The van der Waals surface area contributed by atoms with Crippen LogP contribution >= 0.6 is 0 Å². The van der Waals surface area contributed by atoms with Gasteiger partial charge < -0.3 is 30.3 Å². The second-order valence-corrected chi connectivity index (χ2v) is 11.5. The van der Waals surface area contributed by atoms with Crippen LogP contribution in [0, 0.1) is 11.8 Å². The molecule has 0 spiro atoms. The van der Waals surface area contributed by atoms with Crippen molar-refractivity contribution in [2.45, 2.75) is 69.9 Å². The first-order valence-corrected chi connectivity index (χ1v) is 14.0. The van der Waals surface area contributed by atoms with Crippen molar-refractivity contribution in [1.82, 2.24) is 10.2 Å². The van der Waals surface area contributed by atoms with Gasteiger partial charge in [-0.15, -0.1) is 0 Å². The van der Waals surface area contributed by atoms with Gasteiger partial charge in [-0.3, -0.25) is 9.69 Å². The number of benzene rings is 2. The Morgan fingerprint density at radius 3 is 2.72 bits per heavy atom. The Balaban J connectivity index is 1.31. The molecule has 1 aliphatic carbocycles. The number of hydrogen-bond acceptors (Lipinski definition) is 7. The summed E-state index contributed by atoms with van der Waals surface area (Å²) >= 11 is 0. The molecule has 3 aliphatic rings. The Morgan fingerprint density at radius 2 is 1.97 bits per heavy atom. The molecule has 9 heteroatoms. The first-order valence-electron chi connectivity index (χ1n) is 14.0. The number of rotatable bonds is 10. The van der Waals surface area contributed by atoms with Crippen LogP contribution in [0.4, 0.5) is 10.5 Å². The van der Waals surface area contributed by atoms with E-state index in [1.54, 1.807) is 12.1 Å². The number of fused-ring (bicyclic) bond motifs is 2. The average molecular weight is 538 g/mol. The molecular weight excluding hydrogens is 498 g/mol. The van der Waals surface area contributed by atoms with Crippen LogP contribution in [-0.2, 0) is 20.7 Å². The number of ether oxygens (including phenoxy) is 2. The van der Waals surface area contributed by atoms with E-state index in [2.05, 4.69) is 24.5 Å². The molecule has 5 rings (SSSR count). The average Bonchev–Trinajstić information content (AvgIpc) is 3.56. The maximum absolute atomic E-state index is 13.0. The van der Waals surface area contributed by atoms with Crippen LogP contribution < -0.4 is 10.6 Å². The first-order chi connectivity index (χ1) is 18.8. The minimum atomic E-state index is -0.975. The standard InChI is InChI=1S/C30H39N3O6/c1-18(2)16-33(28-23-9-8-21(34)14-24(23)31-29(28)36)17-26(35)25(12-19-6-4-3-5-7-19)32-30(37)39-22-13-20-10-11-38-27(20)15-22/h3-9,14,18,20,22,25-28,34-35H,10-13,15-17H2,1-2H3,(H,31,36)(H,32,37)/t20?,22?,25?,26-,27-,28?/m1/s1. The molecule has 2 amide bonds. The van der Waals surface area contributed by atoms with Gasteiger partial charge >= 0.3 is 6.09 Å². The van der Waals surface area contributed by atoms with Gasteiger partial charge in [0.2, 0.25) is 5.91 Å². The fourth-order valence-corrected chi connectivity index (χ4v) is 6.22. The van der Waals surface area contributed by atoms with Gasteiger partial charge in [0, 0.05) is 43.4 Å². The Bertz CT molecular complexity index is 1150. The number of amides is 2. The highest BCUT2D eigenvalue weighted by atomic mass is 16.6. The van der Waals surface area contributed by atoms with Crippen molar-refractivity contribution in [3.05, 3.63) is 59.7 Å². The SMILES string of the molecule is CC(C)CN(C[C@@H](O)C(Cc1ccccc1)NC(=O)OC1CC2CCO[C@@H]2C1)C1C(=O)Nc2cc(O)ccc21. The summed E-state index contributed by atoms with van der Waals surface area (Å²) < 4.78 is 11.5. The molecule has 4 N–H and O–H groups in total. The molecule has 0 radical (unpaired) electrons. The summed E-state index contributed by atoms with van der Waals surface area (Å²) in [6.45, 7) is 5.61. The highest BCUT2D eigenvalue weighted by Gasteiger charge is 2.41. The predicted octanol–water partition coefficient (Wildman–Crippen LogP) is 3.61. The van der Waals surface area contributed by atoms with Gasteiger partial charge in [0.25, 0.3) is 0 Å². The first kappa shape index (κ1) is 27.4. The summed E-state index contributed by atoms with van der Waals surface area (Å²) in [5, 5.41) is 27.2. The lowest BCUT2D eigenvalue weighted by Gasteiger charge is -2.34. The van der Waals surface area contributed by atoms with E-state index in [9.17, 15) is 19.8 Å². The van der Waals surface area contributed by atoms with E-state index in [0.29, 0.717) is 31.0 Å². The van der Waals surface area contributed by atoms with Gasteiger partial charge in [0.15, 0.2) is 0 Å². The second-order valence-electron chi connectivity index (χ2n) is 11.5. The molecule has 6 atom stereocenters. The van der Waals surface area contributed by atoms with Crippen LogP contribution in [0.5, 0.6) is 5.75 Å². The van der Waals surface area contributed by atoms with Crippen molar-refractivity contribution in [2.75, 3.05) is 25.0 Å². The van der Waals surface area contributed by atoms with Gasteiger partial charge in [0.05, 0.1) is 18.2 Å². The van der Waals surface area contributed by atoms with Crippen LogP contribution in [0.15, 0.2) is 48.5 Å². The Kier molecular flexibility index (Phi) is 8.40. The molecule has 2 aromatic carbocycles. The van der Waals surface area contributed by atoms with Crippen LogP contribution in [0.25, 0.3) is 0 Å². The monoisotopic (exact) mass is 537 g/mol. The van der Waals surface area contributed by atoms with E-state index in [0.717, 1.165) is 30.6 Å². The Labute approximate surface area is 229 Å². The lowest BCUT2D eigenvalue weighted by molar-refractivity contribution is -0.121. The van der Waals surface area contributed by atoms with E-state index >= 15 is 0 Å². The summed E-state index contributed by atoms with van der Waals surface area (Å²) in [4.78, 5) is 28.0. The topological polar surface area (TPSA) is 120 Å². The van der Waals surface area contributed by atoms with Crippen molar-refractivity contribution in [3.8, 4) is 5.75 Å². The zero-order valence-corrected chi connectivity index (χ0v) is 22.6. The van der Waals surface area contributed by atoms with Crippen LogP contribution in [0.1, 0.15) is 50.3 Å². The van der Waals surface area contributed by atoms with Gasteiger partial charge in [-0.05, 0) is 42.7 Å². The minimum absolute atomic E-state index is 0.0771. The molecule has 2 aliphatic heterocycles. The summed E-state index contributed by atoms with van der Waals surface area (Å²) in [7, 11) is 0. The van der Waals surface area contributed by atoms with E-state index in [1.165, 1.54) is 6.07 Å². The number of carbonyl (C=O) groups excluding carboxylic acids is 2.